The van der Waals surface area contributed by atoms with E-state index >= 15 is 0 Å². The zero-order valence-corrected chi connectivity index (χ0v) is 21.3. The number of carbonyl (C=O) groups excluding carboxylic acids is 1. The first-order valence-electron chi connectivity index (χ1n) is 12.4. The number of aliphatic hydroxyl groups excluding tert-OH is 1. The molecule has 0 aliphatic carbocycles. The number of ether oxygens (including phenoxy) is 2. The van der Waals surface area contributed by atoms with Crippen LogP contribution in [0.4, 0.5) is 0 Å². The molecule has 1 aromatic heterocycles. The van der Waals surface area contributed by atoms with Crippen LogP contribution in [0.15, 0.2) is 72.9 Å². The van der Waals surface area contributed by atoms with Crippen LogP contribution in [0.2, 0.25) is 0 Å². The number of H-pyrrole nitrogens is 1. The number of hydrogen-bond donors (Lipinski definition) is 3. The minimum Gasteiger partial charge on any atom is -0.490 e. The average molecular weight is 508 g/mol. The van der Waals surface area contributed by atoms with Crippen molar-refractivity contribution in [3.05, 3.63) is 95.2 Å². The van der Waals surface area contributed by atoms with Crippen LogP contribution in [0.25, 0.3) is 10.9 Å². The number of hydrogen-bond acceptors (Lipinski definition) is 5. The maximum Gasteiger partial charge on any atom is 0.255 e. The fourth-order valence-electron chi connectivity index (χ4n) is 4.08. The lowest BCUT2D eigenvalue weighted by atomic mass is 10.0. The van der Waals surface area contributed by atoms with Crippen LogP contribution >= 0.6 is 0 Å². The Morgan fingerprint density at radius 3 is 2.63 bits per heavy atom. The number of amides is 1. The largest absolute Gasteiger partial charge is 0.490 e. The molecule has 0 saturated carbocycles. The summed E-state index contributed by atoms with van der Waals surface area (Å²) in [6.45, 7) is 3.49. The van der Waals surface area contributed by atoms with Crippen LogP contribution in [0.1, 0.15) is 40.9 Å². The van der Waals surface area contributed by atoms with E-state index in [0.717, 1.165) is 16.5 Å². The summed E-state index contributed by atoms with van der Waals surface area (Å²) in [7, 11) is 0. The van der Waals surface area contributed by atoms with Crippen LogP contribution in [-0.2, 0) is 6.42 Å². The molecule has 0 aliphatic heterocycles. The van der Waals surface area contributed by atoms with Crippen molar-refractivity contribution >= 4 is 16.8 Å². The van der Waals surface area contributed by atoms with E-state index in [-0.39, 0.29) is 25.2 Å². The molecule has 1 atom stereocenters. The second-order valence-electron chi connectivity index (χ2n) is 8.99. The van der Waals surface area contributed by atoms with Crippen molar-refractivity contribution in [2.75, 3.05) is 13.2 Å². The highest BCUT2D eigenvalue weighted by Gasteiger charge is 2.19. The van der Waals surface area contributed by atoms with Crippen LogP contribution in [0.5, 0.6) is 11.5 Å². The quantitative estimate of drug-likeness (QED) is 0.287. The second-order valence-corrected chi connectivity index (χ2v) is 8.99. The van der Waals surface area contributed by atoms with Gasteiger partial charge in [0, 0.05) is 22.7 Å². The van der Waals surface area contributed by atoms with Crippen LogP contribution in [0.3, 0.4) is 0 Å². The lowest BCUT2D eigenvalue weighted by Crippen LogP contribution is -2.39. The summed E-state index contributed by atoms with van der Waals surface area (Å²) in [6, 6.07) is 21.8. The van der Waals surface area contributed by atoms with Crippen LogP contribution < -0.4 is 14.8 Å². The number of aromatic amines is 1. The number of nitriles is 1. The van der Waals surface area contributed by atoms with Gasteiger partial charge >= 0.3 is 0 Å². The molecular weight excluding hydrogens is 478 g/mol. The predicted octanol–water partition coefficient (Wildman–Crippen LogP) is 4.59. The third-order valence-electron chi connectivity index (χ3n) is 5.80. The lowest BCUT2D eigenvalue weighted by molar-refractivity contribution is 0.0910. The minimum absolute atomic E-state index is 0.0746. The molecule has 0 unspecified atom stereocenters. The van der Waals surface area contributed by atoms with Crippen molar-refractivity contribution in [2.24, 2.45) is 0 Å². The zero-order valence-electron chi connectivity index (χ0n) is 21.3. The van der Waals surface area contributed by atoms with Crippen LogP contribution in [-0.4, -0.2) is 41.4 Å². The van der Waals surface area contributed by atoms with Gasteiger partial charge in [0.25, 0.3) is 5.91 Å². The number of nitrogens with zero attached hydrogens (tertiary/aromatic N) is 1. The van der Waals surface area contributed by atoms with E-state index in [9.17, 15) is 9.90 Å². The van der Waals surface area contributed by atoms with Gasteiger partial charge in [0.05, 0.1) is 29.9 Å². The van der Waals surface area contributed by atoms with Crippen molar-refractivity contribution in [3.63, 3.8) is 0 Å². The highest BCUT2D eigenvalue weighted by Crippen LogP contribution is 2.23. The Hall–Kier alpha value is -4.72. The Kier molecular flexibility index (Phi) is 8.66. The van der Waals surface area contributed by atoms with E-state index in [2.05, 4.69) is 22.1 Å². The van der Waals surface area contributed by atoms with E-state index in [4.69, 9.17) is 14.7 Å². The molecule has 3 aromatic carbocycles. The van der Waals surface area contributed by atoms with Gasteiger partial charge in [-0.3, -0.25) is 4.79 Å². The number of aliphatic hydroxyl groups is 1. The molecule has 1 heterocycles. The molecule has 38 heavy (non-hydrogen) atoms. The van der Waals surface area contributed by atoms with Gasteiger partial charge in [0.1, 0.15) is 17.6 Å². The fraction of sp³-hybridized carbons (Fsp3) is 0.226. The molecule has 0 spiro atoms. The number of fused-ring (bicyclic) bond motifs is 1. The van der Waals surface area contributed by atoms with E-state index in [1.807, 2.05) is 62.5 Å². The number of carbonyl (C=O) groups is 1. The molecule has 1 amide bonds. The van der Waals surface area contributed by atoms with Crippen molar-refractivity contribution in [2.45, 2.75) is 32.4 Å². The molecule has 7 heteroatoms. The van der Waals surface area contributed by atoms with Gasteiger partial charge in [-0.2, -0.15) is 5.26 Å². The molecule has 4 aromatic rings. The number of rotatable bonds is 9. The molecular formula is C31H29N3O4. The molecule has 0 fully saturated rings. The number of nitrogens with one attached hydrogen (secondary N) is 2. The van der Waals surface area contributed by atoms with Crippen molar-refractivity contribution < 1.29 is 19.4 Å². The third kappa shape index (κ3) is 6.53. The van der Waals surface area contributed by atoms with Gasteiger partial charge in [-0.15, -0.1) is 0 Å². The van der Waals surface area contributed by atoms with E-state index in [1.54, 1.807) is 30.3 Å². The maximum absolute atomic E-state index is 13.4. The Morgan fingerprint density at radius 1 is 1.05 bits per heavy atom. The number of aromatic nitrogens is 1. The molecule has 7 nitrogen and oxygen atoms in total. The molecule has 0 saturated heterocycles. The molecule has 3 N–H and O–H groups in total. The van der Waals surface area contributed by atoms with Crippen LogP contribution in [0, 0.1) is 23.2 Å². The summed E-state index contributed by atoms with van der Waals surface area (Å²) in [4.78, 5) is 16.6. The summed E-state index contributed by atoms with van der Waals surface area (Å²) < 4.78 is 11.4. The smallest absolute Gasteiger partial charge is 0.255 e. The van der Waals surface area contributed by atoms with Crippen molar-refractivity contribution in [1.29, 1.82) is 5.26 Å². The number of benzene rings is 3. The van der Waals surface area contributed by atoms with Gasteiger partial charge in [-0.05, 0) is 62.2 Å². The fourth-order valence-corrected chi connectivity index (χ4v) is 4.08. The van der Waals surface area contributed by atoms with E-state index in [1.165, 1.54) is 0 Å². The monoisotopic (exact) mass is 507 g/mol. The molecule has 0 bridgehead atoms. The first kappa shape index (κ1) is 26.3. The summed E-state index contributed by atoms with van der Waals surface area (Å²) in [6.07, 6.45) is 2.23. The minimum atomic E-state index is -0.493. The topological polar surface area (TPSA) is 107 Å². The zero-order chi connectivity index (χ0) is 26.9. The molecule has 4 rings (SSSR count). The lowest BCUT2D eigenvalue weighted by Gasteiger charge is -2.19. The summed E-state index contributed by atoms with van der Waals surface area (Å²) in [5, 5.41) is 22.9. The predicted molar refractivity (Wildman–Crippen MR) is 146 cm³/mol. The van der Waals surface area contributed by atoms with Gasteiger partial charge in [0.2, 0.25) is 0 Å². The highest BCUT2D eigenvalue weighted by atomic mass is 16.5. The maximum atomic E-state index is 13.4. The Balaban J connectivity index is 1.58. The van der Waals surface area contributed by atoms with Crippen molar-refractivity contribution in [3.8, 4) is 29.4 Å². The Bertz CT molecular complexity index is 1520. The standard InChI is InChI=1S/C31H29N3O4/c1-21(2)38-30-14-12-22(11-13-23-7-3-6-10-29(23)37-16-15-32)17-27(30)31(36)34-25(20-35)18-24-19-33-28-9-5-4-8-26(24)28/h3-10,12,14,17,19,21,25,33,35H,16,18,20H2,1-2H3,(H,34,36)/t25-/m1/s1. The van der Waals surface area contributed by atoms with E-state index < -0.39 is 6.04 Å². The number of para-hydroxylation sites is 2. The summed E-state index contributed by atoms with van der Waals surface area (Å²) in [5.74, 6) is 6.73. The molecule has 0 aliphatic rings. The SMILES string of the molecule is CC(C)Oc1ccc(C#Cc2ccccc2OCC#N)cc1C(=O)N[C@@H](CO)Cc1c[nH]c2ccccc12. The average Bonchev–Trinajstić information content (AvgIpc) is 3.33. The normalized spacial score (nSPS) is 11.3. The first-order valence-corrected chi connectivity index (χ1v) is 12.4. The van der Waals surface area contributed by atoms with Gasteiger partial charge in [-0.25, -0.2) is 0 Å². The highest BCUT2D eigenvalue weighted by molar-refractivity contribution is 5.97. The first-order chi connectivity index (χ1) is 18.5. The van der Waals surface area contributed by atoms with E-state index in [0.29, 0.717) is 34.6 Å². The van der Waals surface area contributed by atoms with Crippen molar-refractivity contribution in [1.82, 2.24) is 10.3 Å². The summed E-state index contributed by atoms with van der Waals surface area (Å²) >= 11 is 0. The van der Waals surface area contributed by atoms with Gasteiger partial charge < -0.3 is 24.9 Å². The van der Waals surface area contributed by atoms with Gasteiger partial charge in [0.15, 0.2) is 6.61 Å². The molecule has 192 valence electrons. The molecule has 0 radical (unpaired) electrons. The Morgan fingerprint density at radius 2 is 1.84 bits per heavy atom. The third-order valence-corrected chi connectivity index (χ3v) is 5.80. The second kappa shape index (κ2) is 12.5. The summed E-state index contributed by atoms with van der Waals surface area (Å²) in [5.41, 5.74) is 3.59. The van der Waals surface area contributed by atoms with Gasteiger partial charge in [-0.1, -0.05) is 42.2 Å². The Labute approximate surface area is 222 Å².